The Balaban J connectivity index is 1.33. The summed E-state index contributed by atoms with van der Waals surface area (Å²) < 4.78 is 6.02. The molecule has 1 saturated heterocycles. The van der Waals surface area contributed by atoms with Crippen molar-refractivity contribution in [2.75, 3.05) is 33.3 Å². The number of fused-ring (bicyclic) bond motifs is 1. The van der Waals surface area contributed by atoms with Gasteiger partial charge in [-0.05, 0) is 74.3 Å². The molecule has 0 radical (unpaired) electrons. The number of rotatable bonds is 4. The second-order valence-electron chi connectivity index (χ2n) is 9.76. The van der Waals surface area contributed by atoms with Gasteiger partial charge in [0.15, 0.2) is 0 Å². The van der Waals surface area contributed by atoms with Gasteiger partial charge in [0.25, 0.3) is 0 Å². The molecular formula is C28H37N3O3. The molecule has 0 atom stereocenters. The van der Waals surface area contributed by atoms with Crippen molar-refractivity contribution in [3.8, 4) is 5.75 Å². The van der Waals surface area contributed by atoms with Crippen LogP contribution in [0.5, 0.6) is 5.75 Å². The van der Waals surface area contributed by atoms with Gasteiger partial charge in [0.05, 0.1) is 12.0 Å². The van der Waals surface area contributed by atoms with Gasteiger partial charge in [-0.2, -0.15) is 0 Å². The van der Waals surface area contributed by atoms with Crippen LogP contribution in [-0.2, 0) is 22.4 Å². The van der Waals surface area contributed by atoms with E-state index in [0.717, 1.165) is 57.1 Å². The van der Waals surface area contributed by atoms with Gasteiger partial charge < -0.3 is 14.5 Å². The first kappa shape index (κ1) is 24.2. The lowest BCUT2D eigenvalue weighted by molar-refractivity contribution is -0.148. The lowest BCUT2D eigenvalue weighted by Crippen LogP contribution is -2.51. The summed E-state index contributed by atoms with van der Waals surface area (Å²) in [5.74, 6) is 1.37. The van der Waals surface area contributed by atoms with Gasteiger partial charge in [-0.25, -0.2) is 0 Å². The Morgan fingerprint density at radius 3 is 2.59 bits per heavy atom. The minimum absolute atomic E-state index is 0.211. The maximum Gasteiger partial charge on any atom is 0.228 e. The minimum atomic E-state index is -0.360. The molecule has 4 rings (SSSR count). The average Bonchev–Trinajstić information content (AvgIpc) is 2.87. The molecule has 0 aliphatic carbocycles. The number of pyridine rings is 1. The Morgan fingerprint density at radius 2 is 1.79 bits per heavy atom. The summed E-state index contributed by atoms with van der Waals surface area (Å²) in [4.78, 5) is 34.2. The van der Waals surface area contributed by atoms with Crippen LogP contribution in [0, 0.1) is 5.41 Å². The molecule has 1 aromatic heterocycles. The van der Waals surface area contributed by atoms with Crippen molar-refractivity contribution in [1.29, 1.82) is 0 Å². The monoisotopic (exact) mass is 463 g/mol. The van der Waals surface area contributed by atoms with Crippen LogP contribution in [0.15, 0.2) is 48.8 Å². The van der Waals surface area contributed by atoms with E-state index in [4.69, 9.17) is 4.74 Å². The summed E-state index contributed by atoms with van der Waals surface area (Å²) in [6, 6.07) is 12.2. The number of amides is 2. The molecule has 0 saturated carbocycles. The van der Waals surface area contributed by atoms with Crippen LogP contribution in [0.1, 0.15) is 56.1 Å². The summed E-state index contributed by atoms with van der Waals surface area (Å²) in [5.41, 5.74) is 2.11. The van der Waals surface area contributed by atoms with E-state index in [1.165, 1.54) is 11.1 Å². The van der Waals surface area contributed by atoms with Gasteiger partial charge in [0, 0.05) is 39.0 Å². The van der Waals surface area contributed by atoms with E-state index in [9.17, 15) is 9.59 Å². The number of likely N-dealkylation sites (tertiary alicyclic amines) is 1. The number of carbonyl (C=O) groups is 2. The predicted octanol–water partition coefficient (Wildman–Crippen LogP) is 4.28. The number of likely N-dealkylation sites (N-methyl/N-ethyl adjacent to an activating group) is 1. The molecule has 1 aromatic carbocycles. The van der Waals surface area contributed by atoms with Crippen molar-refractivity contribution in [2.24, 2.45) is 5.41 Å². The van der Waals surface area contributed by atoms with Crippen molar-refractivity contribution in [1.82, 2.24) is 14.8 Å². The third kappa shape index (κ3) is 5.96. The zero-order chi connectivity index (χ0) is 23.8. The highest BCUT2D eigenvalue weighted by molar-refractivity contribution is 5.83. The highest BCUT2D eigenvalue weighted by Crippen LogP contribution is 2.39. The number of benzene rings is 1. The Labute approximate surface area is 203 Å². The molecule has 6 nitrogen and oxygen atoms in total. The predicted molar refractivity (Wildman–Crippen MR) is 133 cm³/mol. The van der Waals surface area contributed by atoms with E-state index in [-0.39, 0.29) is 17.2 Å². The van der Waals surface area contributed by atoms with Crippen LogP contribution in [-0.4, -0.2) is 59.9 Å². The number of piperidine rings is 1. The zero-order valence-corrected chi connectivity index (χ0v) is 20.4. The summed E-state index contributed by atoms with van der Waals surface area (Å²) >= 11 is 0. The summed E-state index contributed by atoms with van der Waals surface area (Å²) in [7, 11) is 1.89. The second-order valence-corrected chi connectivity index (χ2v) is 9.76. The topological polar surface area (TPSA) is 62.7 Å². The highest BCUT2D eigenvalue weighted by Gasteiger charge is 2.43. The minimum Gasteiger partial charge on any atom is -0.491 e. The number of hydrogen-bond donors (Lipinski definition) is 0. The van der Waals surface area contributed by atoms with E-state index in [1.807, 2.05) is 41.1 Å². The van der Waals surface area contributed by atoms with Gasteiger partial charge in [0.1, 0.15) is 12.4 Å². The first-order valence-electron chi connectivity index (χ1n) is 12.7. The maximum absolute atomic E-state index is 13.6. The molecule has 2 amide bonds. The molecule has 34 heavy (non-hydrogen) atoms. The van der Waals surface area contributed by atoms with Crippen LogP contribution >= 0.6 is 0 Å². The van der Waals surface area contributed by atoms with Crippen LogP contribution in [0.25, 0.3) is 0 Å². The summed E-state index contributed by atoms with van der Waals surface area (Å²) in [6.45, 7) is 2.42. The number of hydrogen-bond acceptors (Lipinski definition) is 4. The largest absolute Gasteiger partial charge is 0.491 e. The van der Waals surface area contributed by atoms with Crippen molar-refractivity contribution in [3.05, 3.63) is 59.9 Å². The number of aryl methyl sites for hydroxylation is 2. The summed E-state index contributed by atoms with van der Waals surface area (Å²) in [6.07, 6.45) is 11.3. The summed E-state index contributed by atoms with van der Waals surface area (Å²) in [5, 5.41) is 0. The normalized spacial score (nSPS) is 19.0. The fourth-order valence-corrected chi connectivity index (χ4v) is 5.34. The number of ether oxygens (including phenoxy) is 1. The molecule has 2 aliphatic rings. The van der Waals surface area contributed by atoms with E-state index < -0.39 is 0 Å². The Bertz CT molecular complexity index is 954. The van der Waals surface area contributed by atoms with Gasteiger partial charge in [-0.15, -0.1) is 0 Å². The third-order valence-electron chi connectivity index (χ3n) is 7.49. The molecular weight excluding hydrogens is 426 g/mol. The smallest absolute Gasteiger partial charge is 0.228 e. The lowest BCUT2D eigenvalue weighted by atomic mass is 9.73. The van der Waals surface area contributed by atoms with Crippen molar-refractivity contribution >= 4 is 11.8 Å². The second kappa shape index (κ2) is 11.5. The van der Waals surface area contributed by atoms with E-state index in [0.29, 0.717) is 32.7 Å². The van der Waals surface area contributed by atoms with Crippen LogP contribution < -0.4 is 4.74 Å². The third-order valence-corrected chi connectivity index (χ3v) is 7.49. The number of carbonyl (C=O) groups excluding carboxylic acids is 2. The molecule has 0 bridgehead atoms. The highest BCUT2D eigenvalue weighted by atomic mass is 16.5. The maximum atomic E-state index is 13.6. The molecule has 3 heterocycles. The molecule has 1 spiro atoms. The van der Waals surface area contributed by atoms with Crippen molar-refractivity contribution < 1.29 is 14.3 Å². The Hall–Kier alpha value is -2.89. The number of aromatic nitrogens is 1. The van der Waals surface area contributed by atoms with Crippen LogP contribution in [0.4, 0.5) is 0 Å². The molecule has 0 unspecified atom stereocenters. The molecule has 2 aromatic rings. The van der Waals surface area contributed by atoms with Gasteiger partial charge in [0.2, 0.25) is 11.8 Å². The molecule has 2 aliphatic heterocycles. The van der Waals surface area contributed by atoms with E-state index >= 15 is 0 Å². The molecule has 1 fully saturated rings. The Kier molecular flexibility index (Phi) is 8.20. The quantitative estimate of drug-likeness (QED) is 0.679. The van der Waals surface area contributed by atoms with Crippen LogP contribution in [0.2, 0.25) is 0 Å². The zero-order valence-electron chi connectivity index (χ0n) is 20.4. The standard InChI is InChI=1S/C28H37N3O3/c1-30-21-22-34-25-10-3-2-8-24(25)9-4-5-14-28(27(30)33)15-19-31(20-16-28)26(32)11-6-7-23-12-17-29-18-13-23/h2-3,8,10,12-13,17-18H,4-7,9,11,14-16,19-22H2,1H3. The van der Waals surface area contributed by atoms with Gasteiger partial charge >= 0.3 is 0 Å². The van der Waals surface area contributed by atoms with Crippen molar-refractivity contribution in [2.45, 2.75) is 57.8 Å². The molecule has 0 N–H and O–H groups in total. The number of nitrogens with zero attached hydrogens (tertiary/aromatic N) is 3. The number of para-hydroxylation sites is 1. The fourth-order valence-electron chi connectivity index (χ4n) is 5.34. The Morgan fingerprint density at radius 1 is 1.03 bits per heavy atom. The van der Waals surface area contributed by atoms with Gasteiger partial charge in [-0.1, -0.05) is 24.6 Å². The van der Waals surface area contributed by atoms with Crippen LogP contribution in [0.3, 0.4) is 0 Å². The average molecular weight is 464 g/mol. The fraction of sp³-hybridized carbons (Fsp3) is 0.536. The first-order valence-corrected chi connectivity index (χ1v) is 12.7. The SMILES string of the molecule is CN1CCOc2ccccc2CCCCC2(CCN(C(=O)CCCc3ccncc3)CC2)C1=O. The van der Waals surface area contributed by atoms with E-state index in [1.54, 1.807) is 12.4 Å². The lowest BCUT2D eigenvalue weighted by Gasteiger charge is -2.43. The van der Waals surface area contributed by atoms with Crippen molar-refractivity contribution in [3.63, 3.8) is 0 Å². The van der Waals surface area contributed by atoms with Gasteiger partial charge in [-0.3, -0.25) is 14.6 Å². The first-order chi connectivity index (χ1) is 16.6. The molecule has 182 valence electrons. The molecule has 6 heteroatoms. The van der Waals surface area contributed by atoms with E-state index in [2.05, 4.69) is 17.1 Å².